The zero-order valence-corrected chi connectivity index (χ0v) is 17.0. The summed E-state index contributed by atoms with van der Waals surface area (Å²) in [5.41, 5.74) is 0.898. The van der Waals surface area contributed by atoms with E-state index < -0.39 is 11.6 Å². The first-order valence-electron chi connectivity index (χ1n) is 9.26. The summed E-state index contributed by atoms with van der Waals surface area (Å²) in [6, 6.07) is 10.3. The number of hydrogen-bond donors (Lipinski definition) is 0. The SMILES string of the molecule is CCN(CC)CCN(C(=O)c1ccc(C#N)cc1)c1nc2c(F)cc(F)cc2s1. The Kier molecular flexibility index (Phi) is 6.52. The van der Waals surface area contributed by atoms with E-state index in [1.54, 1.807) is 24.3 Å². The van der Waals surface area contributed by atoms with Crippen LogP contribution in [0.3, 0.4) is 0 Å². The van der Waals surface area contributed by atoms with E-state index in [0.29, 0.717) is 34.0 Å². The zero-order chi connectivity index (χ0) is 21.0. The van der Waals surface area contributed by atoms with Crippen LogP contribution in [0.1, 0.15) is 29.8 Å². The molecule has 0 spiro atoms. The third-order valence-corrected chi connectivity index (χ3v) is 5.70. The molecular weight excluding hydrogens is 394 g/mol. The van der Waals surface area contributed by atoms with Crippen LogP contribution in [-0.4, -0.2) is 42.0 Å². The van der Waals surface area contributed by atoms with Gasteiger partial charge in [0, 0.05) is 24.7 Å². The average molecular weight is 414 g/mol. The maximum Gasteiger partial charge on any atom is 0.260 e. The number of amides is 1. The van der Waals surface area contributed by atoms with Crippen molar-refractivity contribution >= 4 is 32.6 Å². The van der Waals surface area contributed by atoms with Crippen LogP contribution in [-0.2, 0) is 0 Å². The number of likely N-dealkylation sites (N-methyl/N-ethyl adjacent to an activating group) is 1. The molecule has 1 amide bonds. The van der Waals surface area contributed by atoms with Gasteiger partial charge in [-0.15, -0.1) is 0 Å². The van der Waals surface area contributed by atoms with Gasteiger partial charge in [0.25, 0.3) is 5.91 Å². The van der Waals surface area contributed by atoms with Crippen LogP contribution in [0.4, 0.5) is 13.9 Å². The van der Waals surface area contributed by atoms with Gasteiger partial charge in [-0.1, -0.05) is 25.2 Å². The standard InChI is InChI=1S/C21H20F2N4OS/c1-3-26(4-2)9-10-27(20(28)15-7-5-14(13-24)6-8-15)21-25-19-17(23)11-16(22)12-18(19)29-21/h5-8,11-12H,3-4,9-10H2,1-2H3. The first kappa shape index (κ1) is 20.8. The molecule has 0 saturated heterocycles. The number of carbonyl (C=O) groups is 1. The topological polar surface area (TPSA) is 60.2 Å². The fraction of sp³-hybridized carbons (Fsp3) is 0.286. The van der Waals surface area contributed by atoms with Crippen molar-refractivity contribution in [3.05, 3.63) is 59.2 Å². The Balaban J connectivity index is 1.99. The molecular formula is C21H20F2N4OS. The summed E-state index contributed by atoms with van der Waals surface area (Å²) in [5, 5.41) is 9.27. The van der Waals surface area contributed by atoms with E-state index in [1.165, 1.54) is 11.0 Å². The molecule has 0 N–H and O–H groups in total. The second kappa shape index (κ2) is 9.07. The summed E-state index contributed by atoms with van der Waals surface area (Å²) >= 11 is 1.07. The van der Waals surface area contributed by atoms with Gasteiger partial charge in [0.05, 0.1) is 16.3 Å². The van der Waals surface area contributed by atoms with Gasteiger partial charge in [0.15, 0.2) is 10.9 Å². The van der Waals surface area contributed by atoms with Crippen molar-refractivity contribution in [1.82, 2.24) is 9.88 Å². The Hall–Kier alpha value is -2.89. The number of halogens is 2. The number of carbonyl (C=O) groups excluding carboxylic acids is 1. The highest BCUT2D eigenvalue weighted by molar-refractivity contribution is 7.22. The van der Waals surface area contributed by atoms with E-state index in [2.05, 4.69) is 9.88 Å². The molecule has 0 atom stereocenters. The number of thiazole rings is 1. The second-order valence-corrected chi connectivity index (χ2v) is 7.41. The molecule has 1 aromatic heterocycles. The van der Waals surface area contributed by atoms with E-state index in [4.69, 9.17) is 5.26 Å². The van der Waals surface area contributed by atoms with E-state index in [9.17, 15) is 13.6 Å². The number of fused-ring (bicyclic) bond motifs is 1. The minimum atomic E-state index is -0.753. The molecule has 150 valence electrons. The minimum absolute atomic E-state index is 0.0480. The lowest BCUT2D eigenvalue weighted by Gasteiger charge is -2.24. The van der Waals surface area contributed by atoms with Crippen LogP contribution in [0.15, 0.2) is 36.4 Å². The molecule has 3 rings (SSSR count). The predicted molar refractivity (Wildman–Crippen MR) is 110 cm³/mol. The van der Waals surface area contributed by atoms with Crippen molar-refractivity contribution in [2.45, 2.75) is 13.8 Å². The van der Waals surface area contributed by atoms with Gasteiger partial charge in [0.1, 0.15) is 11.3 Å². The second-order valence-electron chi connectivity index (χ2n) is 6.40. The lowest BCUT2D eigenvalue weighted by atomic mass is 10.1. The summed E-state index contributed by atoms with van der Waals surface area (Å²) in [6.07, 6.45) is 0. The minimum Gasteiger partial charge on any atom is -0.302 e. The van der Waals surface area contributed by atoms with Gasteiger partial charge in [-0.2, -0.15) is 5.26 Å². The third-order valence-electron chi connectivity index (χ3n) is 4.67. The van der Waals surface area contributed by atoms with Crippen molar-refractivity contribution in [2.24, 2.45) is 0 Å². The summed E-state index contributed by atoms with van der Waals surface area (Å²) in [7, 11) is 0. The van der Waals surface area contributed by atoms with E-state index in [1.807, 2.05) is 19.9 Å². The molecule has 0 aliphatic carbocycles. The number of benzene rings is 2. The molecule has 0 aliphatic rings. The zero-order valence-electron chi connectivity index (χ0n) is 16.2. The first-order valence-corrected chi connectivity index (χ1v) is 10.1. The Bertz CT molecular complexity index is 1050. The van der Waals surface area contributed by atoms with Crippen LogP contribution in [0.5, 0.6) is 0 Å². The van der Waals surface area contributed by atoms with Gasteiger partial charge in [0.2, 0.25) is 0 Å². The largest absolute Gasteiger partial charge is 0.302 e. The monoisotopic (exact) mass is 414 g/mol. The Morgan fingerprint density at radius 1 is 1.14 bits per heavy atom. The molecule has 5 nitrogen and oxygen atoms in total. The molecule has 0 radical (unpaired) electrons. The lowest BCUT2D eigenvalue weighted by Crippen LogP contribution is -2.38. The predicted octanol–water partition coefficient (Wildman–Crippen LogP) is 4.43. The molecule has 0 unspecified atom stereocenters. The maximum atomic E-state index is 14.1. The number of rotatable bonds is 7. The molecule has 0 aliphatic heterocycles. The molecule has 3 aromatic rings. The number of nitriles is 1. The first-order chi connectivity index (χ1) is 14.0. The smallest absolute Gasteiger partial charge is 0.260 e. The fourth-order valence-corrected chi connectivity index (χ4v) is 4.00. The summed E-state index contributed by atoms with van der Waals surface area (Å²) in [5.74, 6) is -1.74. The normalized spacial score (nSPS) is 11.0. The van der Waals surface area contributed by atoms with Crippen LogP contribution in [0.2, 0.25) is 0 Å². The van der Waals surface area contributed by atoms with Crippen molar-refractivity contribution in [3.63, 3.8) is 0 Å². The van der Waals surface area contributed by atoms with Gasteiger partial charge < -0.3 is 4.90 Å². The van der Waals surface area contributed by atoms with Crippen molar-refractivity contribution in [3.8, 4) is 6.07 Å². The van der Waals surface area contributed by atoms with E-state index in [-0.39, 0.29) is 11.4 Å². The number of aromatic nitrogens is 1. The molecule has 8 heteroatoms. The average Bonchev–Trinajstić information content (AvgIpc) is 3.15. The molecule has 29 heavy (non-hydrogen) atoms. The molecule has 1 heterocycles. The van der Waals surface area contributed by atoms with Crippen LogP contribution < -0.4 is 4.90 Å². The highest BCUT2D eigenvalue weighted by Crippen LogP contribution is 2.32. The van der Waals surface area contributed by atoms with Crippen LogP contribution >= 0.6 is 11.3 Å². The Morgan fingerprint density at radius 3 is 2.45 bits per heavy atom. The van der Waals surface area contributed by atoms with Gasteiger partial charge in [-0.3, -0.25) is 9.69 Å². The number of nitrogens with zero attached hydrogens (tertiary/aromatic N) is 4. The van der Waals surface area contributed by atoms with E-state index in [0.717, 1.165) is 30.5 Å². The Morgan fingerprint density at radius 2 is 1.83 bits per heavy atom. The van der Waals surface area contributed by atoms with Crippen molar-refractivity contribution in [1.29, 1.82) is 5.26 Å². The fourth-order valence-electron chi connectivity index (χ4n) is 2.97. The molecule has 0 fully saturated rings. The van der Waals surface area contributed by atoms with Crippen LogP contribution in [0, 0.1) is 23.0 Å². The summed E-state index contributed by atoms with van der Waals surface area (Å²) in [6.45, 7) is 6.69. The number of anilines is 1. The maximum absolute atomic E-state index is 14.1. The van der Waals surface area contributed by atoms with E-state index >= 15 is 0 Å². The summed E-state index contributed by atoms with van der Waals surface area (Å²) < 4.78 is 28.0. The number of hydrogen-bond acceptors (Lipinski definition) is 5. The molecule has 2 aromatic carbocycles. The quantitative estimate of drug-likeness (QED) is 0.574. The summed E-state index contributed by atoms with van der Waals surface area (Å²) in [4.78, 5) is 21.1. The highest BCUT2D eigenvalue weighted by atomic mass is 32.1. The van der Waals surface area contributed by atoms with Crippen molar-refractivity contribution < 1.29 is 13.6 Å². The molecule has 0 saturated carbocycles. The lowest BCUT2D eigenvalue weighted by molar-refractivity contribution is 0.0983. The molecule has 0 bridgehead atoms. The Labute approximate surface area is 171 Å². The van der Waals surface area contributed by atoms with Crippen LogP contribution in [0.25, 0.3) is 10.2 Å². The highest BCUT2D eigenvalue weighted by Gasteiger charge is 2.23. The van der Waals surface area contributed by atoms with Gasteiger partial charge in [-0.25, -0.2) is 13.8 Å². The van der Waals surface area contributed by atoms with Gasteiger partial charge >= 0.3 is 0 Å². The van der Waals surface area contributed by atoms with Crippen molar-refractivity contribution in [2.75, 3.05) is 31.1 Å². The van der Waals surface area contributed by atoms with Gasteiger partial charge in [-0.05, 0) is 43.4 Å². The third kappa shape index (κ3) is 4.58.